The van der Waals surface area contributed by atoms with Gasteiger partial charge < -0.3 is 5.32 Å². The first-order valence-electron chi connectivity index (χ1n) is 6.34. The van der Waals surface area contributed by atoms with Gasteiger partial charge in [-0.15, -0.1) is 0 Å². The Bertz CT molecular complexity index is 591. The Morgan fingerprint density at radius 3 is 2.63 bits per heavy atom. The van der Waals surface area contributed by atoms with Crippen molar-refractivity contribution in [1.82, 2.24) is 19.7 Å². The quantitative estimate of drug-likeness (QED) is 0.921. The van der Waals surface area contributed by atoms with E-state index >= 15 is 0 Å². The van der Waals surface area contributed by atoms with Crippen LogP contribution in [-0.4, -0.2) is 26.3 Å². The largest absolute Gasteiger partial charge is 0.354 e. The molecule has 2 heterocycles. The molecule has 102 valence electrons. The monoisotopic (exact) mass is 263 g/mol. The summed E-state index contributed by atoms with van der Waals surface area (Å²) in [5.41, 5.74) is 2.80. The minimum atomic E-state index is -0.479. The highest BCUT2D eigenvalue weighted by atomic mass is 19.1. The van der Waals surface area contributed by atoms with E-state index in [1.807, 2.05) is 27.7 Å². The van der Waals surface area contributed by atoms with Gasteiger partial charge in [0.2, 0.25) is 5.95 Å². The molecule has 0 aromatic carbocycles. The molecule has 0 fully saturated rings. The fourth-order valence-corrected chi connectivity index (χ4v) is 1.76. The van der Waals surface area contributed by atoms with E-state index in [0.717, 1.165) is 29.9 Å². The zero-order chi connectivity index (χ0) is 14.0. The number of halogens is 1. The Balaban J connectivity index is 2.45. The van der Waals surface area contributed by atoms with Crippen molar-refractivity contribution in [3.8, 4) is 5.82 Å². The van der Waals surface area contributed by atoms with E-state index < -0.39 is 5.82 Å². The summed E-state index contributed by atoms with van der Waals surface area (Å²) in [6.07, 6.45) is 2.13. The van der Waals surface area contributed by atoms with E-state index in [9.17, 15) is 4.39 Å². The number of nitrogens with zero attached hydrogens (tertiary/aromatic N) is 4. The Morgan fingerprint density at radius 1 is 1.32 bits per heavy atom. The van der Waals surface area contributed by atoms with Crippen molar-refractivity contribution in [2.75, 3.05) is 11.9 Å². The van der Waals surface area contributed by atoms with Crippen LogP contribution in [0.25, 0.3) is 5.82 Å². The predicted octanol–water partition coefficient (Wildman–Crippen LogP) is 2.55. The minimum absolute atomic E-state index is 0.183. The standard InChI is InChI=1S/C13H18FN5/c1-5-6-15-13-16-7-11(14)12(17-13)19-10(4)8(2)9(3)18-19/h7H,5-6H2,1-4H3,(H,15,16,17). The van der Waals surface area contributed by atoms with Gasteiger partial charge in [0.05, 0.1) is 11.9 Å². The highest BCUT2D eigenvalue weighted by molar-refractivity contribution is 5.36. The fourth-order valence-electron chi connectivity index (χ4n) is 1.76. The van der Waals surface area contributed by atoms with Gasteiger partial charge in [-0.3, -0.25) is 0 Å². The summed E-state index contributed by atoms with van der Waals surface area (Å²) in [5.74, 6) is 0.124. The Morgan fingerprint density at radius 2 is 2.05 bits per heavy atom. The third kappa shape index (κ3) is 2.57. The number of hydrogen-bond acceptors (Lipinski definition) is 4. The van der Waals surface area contributed by atoms with Crippen LogP contribution in [0.3, 0.4) is 0 Å². The first-order valence-corrected chi connectivity index (χ1v) is 6.34. The molecule has 19 heavy (non-hydrogen) atoms. The maximum Gasteiger partial charge on any atom is 0.224 e. The highest BCUT2D eigenvalue weighted by Crippen LogP contribution is 2.18. The molecule has 0 amide bonds. The van der Waals surface area contributed by atoms with E-state index in [4.69, 9.17) is 0 Å². The molecule has 0 spiro atoms. The molecule has 2 aromatic heterocycles. The van der Waals surface area contributed by atoms with Crippen LogP contribution >= 0.6 is 0 Å². The van der Waals surface area contributed by atoms with Gasteiger partial charge in [0.15, 0.2) is 11.6 Å². The van der Waals surface area contributed by atoms with Gasteiger partial charge >= 0.3 is 0 Å². The van der Waals surface area contributed by atoms with Gasteiger partial charge in [-0.25, -0.2) is 14.1 Å². The van der Waals surface area contributed by atoms with Crippen LogP contribution in [0, 0.1) is 26.6 Å². The Kier molecular flexibility index (Phi) is 3.78. The normalized spacial score (nSPS) is 10.8. The lowest BCUT2D eigenvalue weighted by molar-refractivity contribution is 0.590. The van der Waals surface area contributed by atoms with E-state index in [-0.39, 0.29) is 5.82 Å². The number of aryl methyl sites for hydroxylation is 1. The second-order valence-corrected chi connectivity index (χ2v) is 4.50. The topological polar surface area (TPSA) is 55.6 Å². The summed E-state index contributed by atoms with van der Waals surface area (Å²) in [5, 5.41) is 7.36. The van der Waals surface area contributed by atoms with Crippen LogP contribution in [0.15, 0.2) is 6.20 Å². The lowest BCUT2D eigenvalue weighted by atomic mass is 10.2. The molecule has 0 unspecified atom stereocenters. The molecule has 0 bridgehead atoms. The summed E-state index contributed by atoms with van der Waals surface area (Å²) < 4.78 is 15.4. The molecule has 0 saturated heterocycles. The van der Waals surface area contributed by atoms with Crippen molar-refractivity contribution in [2.24, 2.45) is 0 Å². The Hall–Kier alpha value is -1.98. The summed E-state index contributed by atoms with van der Waals surface area (Å²) in [7, 11) is 0. The zero-order valence-electron chi connectivity index (χ0n) is 11.7. The van der Waals surface area contributed by atoms with Crippen LogP contribution in [0.1, 0.15) is 30.3 Å². The number of rotatable bonds is 4. The third-order valence-electron chi connectivity index (χ3n) is 3.11. The third-order valence-corrected chi connectivity index (χ3v) is 3.11. The summed E-state index contributed by atoms with van der Waals surface area (Å²) in [6, 6.07) is 0. The predicted molar refractivity (Wildman–Crippen MR) is 72.1 cm³/mol. The average molecular weight is 263 g/mol. The van der Waals surface area contributed by atoms with Gasteiger partial charge in [-0.05, 0) is 32.8 Å². The van der Waals surface area contributed by atoms with E-state index in [2.05, 4.69) is 20.4 Å². The lowest BCUT2D eigenvalue weighted by Crippen LogP contribution is -2.10. The molecule has 5 nitrogen and oxygen atoms in total. The first-order chi connectivity index (χ1) is 9.04. The molecule has 0 saturated carbocycles. The van der Waals surface area contributed by atoms with Gasteiger partial charge in [-0.2, -0.15) is 10.1 Å². The van der Waals surface area contributed by atoms with Crippen molar-refractivity contribution in [2.45, 2.75) is 34.1 Å². The number of anilines is 1. The number of hydrogen-bond donors (Lipinski definition) is 1. The SMILES string of the molecule is CCCNc1ncc(F)c(-n2nc(C)c(C)c2C)n1. The van der Waals surface area contributed by atoms with Gasteiger partial charge in [-0.1, -0.05) is 6.92 Å². The maximum absolute atomic E-state index is 13.9. The van der Waals surface area contributed by atoms with Crippen LogP contribution in [0.2, 0.25) is 0 Å². The molecule has 6 heteroatoms. The van der Waals surface area contributed by atoms with Crippen molar-refractivity contribution >= 4 is 5.95 Å². The second-order valence-electron chi connectivity index (χ2n) is 4.50. The van der Waals surface area contributed by atoms with Crippen LogP contribution < -0.4 is 5.32 Å². The first kappa shape index (κ1) is 13.5. The van der Waals surface area contributed by atoms with E-state index in [1.165, 1.54) is 10.9 Å². The summed E-state index contributed by atoms with van der Waals surface area (Å²) in [6.45, 7) is 8.55. The smallest absolute Gasteiger partial charge is 0.224 e. The van der Waals surface area contributed by atoms with Gasteiger partial charge in [0, 0.05) is 12.2 Å². The molecule has 0 aliphatic heterocycles. The van der Waals surface area contributed by atoms with Crippen LogP contribution in [0.5, 0.6) is 0 Å². The van der Waals surface area contributed by atoms with Crippen molar-refractivity contribution < 1.29 is 4.39 Å². The fraction of sp³-hybridized carbons (Fsp3) is 0.462. The summed E-state index contributed by atoms with van der Waals surface area (Å²) >= 11 is 0. The van der Waals surface area contributed by atoms with Crippen molar-refractivity contribution in [3.05, 3.63) is 29.0 Å². The van der Waals surface area contributed by atoms with Gasteiger partial charge in [0.1, 0.15) is 0 Å². The zero-order valence-corrected chi connectivity index (χ0v) is 11.7. The molecule has 2 rings (SSSR count). The molecule has 0 atom stereocenters. The van der Waals surface area contributed by atoms with E-state index in [1.54, 1.807) is 0 Å². The second kappa shape index (κ2) is 5.34. The molecule has 0 aliphatic rings. The van der Waals surface area contributed by atoms with Gasteiger partial charge in [0.25, 0.3) is 0 Å². The highest BCUT2D eigenvalue weighted by Gasteiger charge is 2.15. The Labute approximate surface area is 111 Å². The van der Waals surface area contributed by atoms with Crippen LogP contribution in [0.4, 0.5) is 10.3 Å². The molecule has 2 aromatic rings. The van der Waals surface area contributed by atoms with E-state index in [0.29, 0.717) is 5.95 Å². The van der Waals surface area contributed by atoms with Crippen molar-refractivity contribution in [1.29, 1.82) is 0 Å². The molecular weight excluding hydrogens is 245 g/mol. The molecule has 0 radical (unpaired) electrons. The number of nitrogens with one attached hydrogen (secondary N) is 1. The van der Waals surface area contributed by atoms with Crippen molar-refractivity contribution in [3.63, 3.8) is 0 Å². The lowest BCUT2D eigenvalue weighted by Gasteiger charge is -2.08. The van der Waals surface area contributed by atoms with Crippen LogP contribution in [-0.2, 0) is 0 Å². The molecular formula is C13H18FN5. The maximum atomic E-state index is 13.9. The molecule has 0 aliphatic carbocycles. The minimum Gasteiger partial charge on any atom is -0.354 e. The molecule has 1 N–H and O–H groups in total. The average Bonchev–Trinajstić information content (AvgIpc) is 2.65. The number of aromatic nitrogens is 4. The summed E-state index contributed by atoms with van der Waals surface area (Å²) in [4.78, 5) is 8.12.